The fraction of sp³-hybridized carbons (Fsp3) is 0.357. The molecule has 0 unspecified atom stereocenters. The van der Waals surface area contributed by atoms with Crippen molar-refractivity contribution in [3.8, 4) is 5.69 Å². The maximum atomic E-state index is 12.7. The molecule has 124 valence electrons. The van der Waals surface area contributed by atoms with Crippen molar-refractivity contribution in [2.45, 2.75) is 13.1 Å². The second-order valence-corrected chi connectivity index (χ2v) is 4.70. The molecule has 0 radical (unpaired) electrons. The third kappa shape index (κ3) is 3.86. The fourth-order valence-electron chi connectivity index (χ4n) is 2.00. The molecule has 0 aliphatic heterocycles. The monoisotopic (exact) mass is 328 g/mol. The number of aliphatic hydroxyl groups is 1. The predicted molar refractivity (Wildman–Crippen MR) is 75.0 cm³/mol. The molecular formula is C14H15F3N4O2. The summed E-state index contributed by atoms with van der Waals surface area (Å²) in [4.78, 5) is 13.5. The van der Waals surface area contributed by atoms with Gasteiger partial charge in [0.15, 0.2) is 5.69 Å². The highest BCUT2D eigenvalue weighted by Crippen LogP contribution is 2.30. The number of carbonyl (C=O) groups excluding carboxylic acids is 1. The minimum Gasteiger partial charge on any atom is -0.395 e. The largest absolute Gasteiger partial charge is 0.416 e. The van der Waals surface area contributed by atoms with Crippen LogP contribution in [-0.2, 0) is 6.18 Å². The van der Waals surface area contributed by atoms with Crippen LogP contribution in [0.5, 0.6) is 0 Å². The number of amides is 1. The molecule has 0 saturated heterocycles. The first-order valence-electron chi connectivity index (χ1n) is 6.87. The molecule has 1 heterocycles. The molecule has 0 saturated carbocycles. The topological polar surface area (TPSA) is 71.2 Å². The number of halogens is 3. The molecule has 2 aromatic rings. The number of hydrogen-bond donors (Lipinski definition) is 1. The lowest BCUT2D eigenvalue weighted by Crippen LogP contribution is -2.33. The molecule has 1 N–H and O–H groups in total. The Balaban J connectivity index is 2.27. The van der Waals surface area contributed by atoms with Crippen molar-refractivity contribution >= 4 is 5.91 Å². The normalized spacial score (nSPS) is 11.5. The van der Waals surface area contributed by atoms with E-state index in [0.29, 0.717) is 6.54 Å². The van der Waals surface area contributed by atoms with E-state index in [4.69, 9.17) is 5.11 Å². The van der Waals surface area contributed by atoms with E-state index < -0.39 is 17.6 Å². The summed E-state index contributed by atoms with van der Waals surface area (Å²) in [6, 6.07) is 4.57. The fourth-order valence-corrected chi connectivity index (χ4v) is 2.00. The molecule has 0 fully saturated rings. The Morgan fingerprint density at radius 3 is 2.74 bits per heavy atom. The maximum absolute atomic E-state index is 12.7. The van der Waals surface area contributed by atoms with Crippen LogP contribution in [0, 0.1) is 0 Å². The highest BCUT2D eigenvalue weighted by Gasteiger charge is 2.30. The van der Waals surface area contributed by atoms with Gasteiger partial charge in [-0.05, 0) is 25.1 Å². The summed E-state index contributed by atoms with van der Waals surface area (Å²) in [5, 5.41) is 16.3. The van der Waals surface area contributed by atoms with Crippen molar-refractivity contribution in [3.05, 3.63) is 41.7 Å². The number of nitrogens with zero attached hydrogens (tertiary/aromatic N) is 4. The van der Waals surface area contributed by atoms with Gasteiger partial charge < -0.3 is 10.0 Å². The third-order valence-corrected chi connectivity index (χ3v) is 3.19. The van der Waals surface area contributed by atoms with Gasteiger partial charge in [-0.1, -0.05) is 11.3 Å². The summed E-state index contributed by atoms with van der Waals surface area (Å²) in [5.41, 5.74) is -0.664. The summed E-state index contributed by atoms with van der Waals surface area (Å²) in [6.07, 6.45) is -3.20. The highest BCUT2D eigenvalue weighted by molar-refractivity contribution is 5.92. The van der Waals surface area contributed by atoms with E-state index in [-0.39, 0.29) is 24.5 Å². The lowest BCUT2D eigenvalue weighted by atomic mass is 10.2. The van der Waals surface area contributed by atoms with Crippen LogP contribution in [0.15, 0.2) is 30.5 Å². The van der Waals surface area contributed by atoms with Gasteiger partial charge in [0, 0.05) is 13.1 Å². The zero-order chi connectivity index (χ0) is 17.0. The lowest BCUT2D eigenvalue weighted by molar-refractivity contribution is -0.137. The molecule has 9 heteroatoms. The minimum atomic E-state index is -4.46. The third-order valence-electron chi connectivity index (χ3n) is 3.19. The SMILES string of the molecule is CCN(CCO)C(=O)c1cn(-c2cccc(C(F)(F)F)c2)nn1. The Bertz CT molecular complexity index is 685. The van der Waals surface area contributed by atoms with Crippen LogP contribution >= 0.6 is 0 Å². The first-order valence-corrected chi connectivity index (χ1v) is 6.87. The van der Waals surface area contributed by atoms with E-state index in [9.17, 15) is 18.0 Å². The van der Waals surface area contributed by atoms with Gasteiger partial charge in [0.1, 0.15) is 0 Å². The van der Waals surface area contributed by atoms with E-state index in [0.717, 1.165) is 16.8 Å². The average molecular weight is 328 g/mol. The van der Waals surface area contributed by atoms with Gasteiger partial charge in [0.05, 0.1) is 24.1 Å². The number of aromatic nitrogens is 3. The Labute approximate surface area is 130 Å². The Hall–Kier alpha value is -2.42. The highest BCUT2D eigenvalue weighted by atomic mass is 19.4. The minimum absolute atomic E-state index is 0.00212. The summed E-state index contributed by atoms with van der Waals surface area (Å²) in [6.45, 7) is 2.06. The first-order chi connectivity index (χ1) is 10.9. The second-order valence-electron chi connectivity index (χ2n) is 4.70. The molecule has 0 bridgehead atoms. The standard InChI is InChI=1S/C14H15F3N4O2/c1-2-20(6-7-22)13(23)12-9-21(19-18-12)11-5-3-4-10(8-11)14(15,16)17/h3-5,8-9,22H,2,6-7H2,1H3. The number of rotatable bonds is 5. The molecule has 1 aromatic heterocycles. The molecule has 2 rings (SSSR count). The zero-order valence-electron chi connectivity index (χ0n) is 12.3. The quantitative estimate of drug-likeness (QED) is 0.907. The molecular weight excluding hydrogens is 313 g/mol. The molecule has 0 atom stereocenters. The van der Waals surface area contributed by atoms with E-state index in [2.05, 4.69) is 10.3 Å². The van der Waals surface area contributed by atoms with E-state index in [1.807, 2.05) is 0 Å². The van der Waals surface area contributed by atoms with Crippen molar-refractivity contribution < 1.29 is 23.1 Å². The van der Waals surface area contributed by atoms with Crippen LogP contribution in [0.4, 0.5) is 13.2 Å². The summed E-state index contributed by atoms with van der Waals surface area (Å²) >= 11 is 0. The number of carbonyl (C=O) groups is 1. The predicted octanol–water partition coefficient (Wildman–Crippen LogP) is 1.74. The molecule has 23 heavy (non-hydrogen) atoms. The van der Waals surface area contributed by atoms with Crippen LogP contribution in [-0.4, -0.2) is 50.6 Å². The number of benzene rings is 1. The van der Waals surface area contributed by atoms with Gasteiger partial charge in [-0.25, -0.2) is 4.68 Å². The van der Waals surface area contributed by atoms with Gasteiger partial charge in [0.25, 0.3) is 5.91 Å². The first kappa shape index (κ1) is 16.9. The number of alkyl halides is 3. The van der Waals surface area contributed by atoms with Crippen molar-refractivity contribution in [3.63, 3.8) is 0 Å². The van der Waals surface area contributed by atoms with Gasteiger partial charge in [-0.2, -0.15) is 13.2 Å². The van der Waals surface area contributed by atoms with E-state index in [1.54, 1.807) is 6.92 Å². The van der Waals surface area contributed by atoms with Gasteiger partial charge in [0.2, 0.25) is 0 Å². The molecule has 6 nitrogen and oxygen atoms in total. The molecule has 1 amide bonds. The smallest absolute Gasteiger partial charge is 0.395 e. The second kappa shape index (κ2) is 6.78. The zero-order valence-corrected chi connectivity index (χ0v) is 12.3. The van der Waals surface area contributed by atoms with Crippen LogP contribution in [0.25, 0.3) is 5.69 Å². The lowest BCUT2D eigenvalue weighted by Gasteiger charge is -2.17. The van der Waals surface area contributed by atoms with E-state index in [1.165, 1.54) is 23.2 Å². The molecule has 0 aliphatic rings. The Kier molecular flexibility index (Phi) is 4.99. The van der Waals surface area contributed by atoms with Crippen molar-refractivity contribution in [2.24, 2.45) is 0 Å². The van der Waals surface area contributed by atoms with Crippen molar-refractivity contribution in [1.29, 1.82) is 0 Å². The number of likely N-dealkylation sites (N-methyl/N-ethyl adjacent to an activating group) is 1. The maximum Gasteiger partial charge on any atom is 0.416 e. The van der Waals surface area contributed by atoms with E-state index >= 15 is 0 Å². The number of aliphatic hydroxyl groups excluding tert-OH is 1. The molecule has 1 aromatic carbocycles. The molecule has 0 aliphatic carbocycles. The average Bonchev–Trinajstić information content (AvgIpc) is 3.01. The van der Waals surface area contributed by atoms with Crippen molar-refractivity contribution in [1.82, 2.24) is 19.9 Å². The van der Waals surface area contributed by atoms with Gasteiger partial charge >= 0.3 is 6.18 Å². The van der Waals surface area contributed by atoms with Crippen LogP contribution in [0.1, 0.15) is 23.0 Å². The summed E-state index contributed by atoms with van der Waals surface area (Å²) < 4.78 is 39.3. The Morgan fingerprint density at radius 1 is 1.39 bits per heavy atom. The molecule has 0 spiro atoms. The van der Waals surface area contributed by atoms with Crippen LogP contribution in [0.3, 0.4) is 0 Å². The van der Waals surface area contributed by atoms with Crippen LogP contribution < -0.4 is 0 Å². The van der Waals surface area contributed by atoms with Crippen molar-refractivity contribution in [2.75, 3.05) is 19.7 Å². The van der Waals surface area contributed by atoms with Gasteiger partial charge in [-0.3, -0.25) is 4.79 Å². The van der Waals surface area contributed by atoms with Gasteiger partial charge in [-0.15, -0.1) is 5.10 Å². The van der Waals surface area contributed by atoms with Crippen LogP contribution in [0.2, 0.25) is 0 Å². The Morgan fingerprint density at radius 2 is 2.13 bits per heavy atom. The summed E-state index contributed by atoms with van der Waals surface area (Å²) in [7, 11) is 0. The number of hydrogen-bond acceptors (Lipinski definition) is 4. The summed E-state index contributed by atoms with van der Waals surface area (Å²) in [5.74, 6) is -0.445.